The molecule has 6 fully saturated rings. The summed E-state index contributed by atoms with van der Waals surface area (Å²) in [7, 11) is -28.9. The zero-order valence-electron chi connectivity index (χ0n) is 62.4. The zero-order chi connectivity index (χ0) is 84.2. The number of nitrogens with zero attached hydrogens (tertiary/aromatic N) is 4. The van der Waals surface area contributed by atoms with Crippen molar-refractivity contribution >= 4 is 91.0 Å². The van der Waals surface area contributed by atoms with Crippen LogP contribution in [0.4, 0.5) is 0 Å². The molecule has 6 aliphatic heterocycles. The molecule has 10 rings (SSSR count). The van der Waals surface area contributed by atoms with Crippen LogP contribution < -0.4 is 10.6 Å². The third-order valence-corrected chi connectivity index (χ3v) is 28.5. The minimum atomic E-state index is -4.04. The second-order valence-corrected chi connectivity index (χ2v) is 39.8. The van der Waals surface area contributed by atoms with E-state index >= 15 is 0 Å². The van der Waals surface area contributed by atoms with Crippen molar-refractivity contribution in [3.05, 3.63) is 117 Å². The number of Topliss-reactive ketones (excluding diaryl/α,β-unsaturated/α-hetero) is 2. The number of sulfone groups is 4. The number of carbonyl (C=O) groups is 2. The Morgan fingerprint density at radius 3 is 1.00 bits per heavy atom. The summed E-state index contributed by atoms with van der Waals surface area (Å²) in [6, 6.07) is 20.3. The van der Waals surface area contributed by atoms with Crippen molar-refractivity contribution in [3.8, 4) is 131 Å². The van der Waals surface area contributed by atoms with E-state index in [-0.39, 0.29) is 116 Å². The normalized spacial score (nSPS) is 16.4. The minimum absolute atomic E-state index is 0.00285. The van der Waals surface area contributed by atoms with Crippen LogP contribution in [0.1, 0.15) is 65.2 Å². The van der Waals surface area contributed by atoms with Gasteiger partial charge in [0.25, 0.3) is 0 Å². The van der Waals surface area contributed by atoms with Crippen LogP contribution in [-0.2, 0) is 98.5 Å². The Hall–Kier alpha value is -9.91. The lowest BCUT2D eigenvalue weighted by molar-refractivity contribution is -0.121. The highest BCUT2D eigenvalue weighted by Crippen LogP contribution is 2.40. The number of rotatable bonds is 12. The molecule has 0 atom stereocenters. The number of ether oxygens (including phenoxy) is 2. The number of terminal acetylenes is 1. The molecule has 6 saturated heterocycles. The summed E-state index contributed by atoms with van der Waals surface area (Å²) in [6.45, 7) is 11.2. The van der Waals surface area contributed by atoms with Gasteiger partial charge in [-0.25, -0.2) is 85.1 Å². The van der Waals surface area contributed by atoms with Crippen LogP contribution in [0.15, 0.2) is 136 Å². The molecule has 2 N–H and O–H groups in total. The monoisotopic (exact) mass is 1690 g/mol. The predicted molar refractivity (Wildman–Crippen MR) is 423 cm³/mol. The predicted octanol–water partition coefficient (Wildman–Crippen LogP) is 2.95. The Kier molecular flexibility index (Phi) is 37.6. The van der Waals surface area contributed by atoms with Crippen LogP contribution >= 0.6 is 0 Å². The Bertz CT molecular complexity index is 5670. The fraction of sp³-hybridized carbons (Fsp3) is 0.354. The maximum atomic E-state index is 13.4. The molecule has 0 bridgehead atoms. The molecule has 0 unspecified atom stereocenters. The number of hydrogen-bond acceptors (Lipinski definition) is 22. The van der Waals surface area contributed by atoms with Gasteiger partial charge in [0.2, 0.25) is 40.1 Å². The van der Waals surface area contributed by atoms with Crippen LogP contribution in [0.2, 0.25) is 0 Å². The first-order valence-electron chi connectivity index (χ1n) is 33.6. The number of carbonyl (C=O) groups excluding carboxylic acids is 2. The maximum Gasteiger partial charge on any atom is 0.245 e. The van der Waals surface area contributed by atoms with Crippen molar-refractivity contribution in [2.45, 2.75) is 116 Å². The number of hydrogen-bond donors (Lipinski definition) is 2. The zero-order valence-corrected chi connectivity index (χ0v) is 68.9. The van der Waals surface area contributed by atoms with E-state index < -0.39 is 85.2 Å². The van der Waals surface area contributed by atoms with Gasteiger partial charge in [-0.15, -0.1) is 24.2 Å². The number of piperidine rings is 4. The molecule has 0 aromatic heterocycles. The first-order valence-corrected chi connectivity index (χ1v) is 46.9. The van der Waals surface area contributed by atoms with Crippen molar-refractivity contribution in [1.82, 2.24) is 27.9 Å². The van der Waals surface area contributed by atoms with E-state index in [2.05, 4.69) is 130 Å². The van der Waals surface area contributed by atoms with E-state index in [4.69, 9.17) is 28.7 Å². The summed E-state index contributed by atoms with van der Waals surface area (Å²) >= 11 is 0. The van der Waals surface area contributed by atoms with Gasteiger partial charge in [-0.2, -0.15) is 24.1 Å². The smallest absolute Gasteiger partial charge is 0.245 e. The van der Waals surface area contributed by atoms with Gasteiger partial charge < -0.3 is 27.6 Å². The summed E-state index contributed by atoms with van der Waals surface area (Å²) < 4.78 is 212. The Morgan fingerprint density at radius 1 is 0.381 bits per heavy atom. The second-order valence-electron chi connectivity index (χ2n) is 24.1. The summed E-state index contributed by atoms with van der Waals surface area (Å²) in [5.74, 6) is 49.8. The van der Waals surface area contributed by atoms with Gasteiger partial charge in [0, 0.05) is 142 Å². The van der Waals surface area contributed by atoms with Crippen LogP contribution in [0, 0.1) is 151 Å². The molecule has 0 amide bonds. The highest BCUT2D eigenvalue weighted by Gasteiger charge is 2.52. The minimum Gasteiger partial charge on any atom is -0.359 e. The highest BCUT2D eigenvalue weighted by molar-refractivity contribution is 7.92. The molecule has 596 valence electrons. The molecule has 0 radical (unpaired) electrons. The van der Waals surface area contributed by atoms with Crippen molar-refractivity contribution in [2.24, 2.45) is 0 Å². The summed E-state index contributed by atoms with van der Waals surface area (Å²) in [4.78, 5) is 21.8. The van der Waals surface area contributed by atoms with Gasteiger partial charge in [-0.3, -0.25) is 32.7 Å². The van der Waals surface area contributed by atoms with Gasteiger partial charge in [0.15, 0.2) is 39.3 Å². The Morgan fingerprint density at radius 2 is 0.690 bits per heavy atom. The molecule has 4 aromatic carbocycles. The molecule has 6 heterocycles. The topological polar surface area (TPSA) is 363 Å². The average molecular weight is 1690 g/mol. The summed E-state index contributed by atoms with van der Waals surface area (Å²) in [5, 5.41) is 6.39. The standard InChI is InChI=1S/C21H26N2O9S4.C14H20N2O5S2.C12H15NO5S2.C9H4.C9H3.C9H2.C5H9NO/c1-33(24,25)17-3-7-19(8-4-17)35(28,29)22-13-11-21(12-14-22)23(15-16-32-21)36(30,31)20-9-5-18(6-10-20)34(2,26)27;1-22(17,18)12-2-4-13(5-3-12)23(19,20)16-9-6-14(7-10-16)15-8-11-21-14;1-19(15,16)11-2-4-12(5-3-11)20(17,18)13-8-6-10(14)7-9-13;3*1-3-5-7-9-8-6-4-2;7-5-1-3-6-4-2-5/h3-10H,11-16H2,1-2H3;2-5,15H,6-11H2,1H3;2-5H,6-9H2,1H3;1H,2H3;1H3;1H2;6H,1-4H2/q;;;;-1;-2;. The molecular formula is C79H79N6O20S8-3. The van der Waals surface area contributed by atoms with Gasteiger partial charge in [-0.1, -0.05) is 11.8 Å². The van der Waals surface area contributed by atoms with Gasteiger partial charge >= 0.3 is 0 Å². The Balaban J connectivity index is 0.000000303. The Labute approximate surface area is 667 Å². The van der Waals surface area contributed by atoms with Gasteiger partial charge in [0.1, 0.15) is 23.0 Å². The van der Waals surface area contributed by atoms with Crippen LogP contribution in [0.3, 0.4) is 0 Å². The van der Waals surface area contributed by atoms with Gasteiger partial charge in [-0.05, 0) is 170 Å². The largest absolute Gasteiger partial charge is 0.359 e. The highest BCUT2D eigenvalue weighted by atomic mass is 32.2. The van der Waals surface area contributed by atoms with E-state index in [1.54, 1.807) is 13.8 Å². The molecule has 0 aliphatic carbocycles. The fourth-order valence-electron chi connectivity index (χ4n) is 10.6. The first-order chi connectivity index (χ1) is 53.1. The van der Waals surface area contributed by atoms with E-state index in [0.29, 0.717) is 38.3 Å². The maximum absolute atomic E-state index is 13.4. The fourth-order valence-corrected chi connectivity index (χ4v) is 19.2. The number of sulfonamides is 4. The van der Waals surface area contributed by atoms with Crippen molar-refractivity contribution in [2.75, 3.05) is 104 Å². The van der Waals surface area contributed by atoms with E-state index in [9.17, 15) is 76.9 Å². The van der Waals surface area contributed by atoms with Crippen molar-refractivity contribution < 1.29 is 86.4 Å². The number of nitrogens with one attached hydrogen (secondary N) is 2. The summed E-state index contributed by atoms with van der Waals surface area (Å²) in [5.41, 5.74) is -1.60. The molecule has 0 saturated carbocycles. The lowest BCUT2D eigenvalue weighted by atomic mass is 10.0. The molecular weight excluding hydrogens is 1610 g/mol. The molecule has 113 heavy (non-hydrogen) atoms. The molecule has 2 spiro atoms. The number of ketones is 2. The van der Waals surface area contributed by atoms with Gasteiger partial charge in [0.05, 0.1) is 52.4 Å². The third kappa shape index (κ3) is 30.2. The molecule has 26 nitrogen and oxygen atoms in total. The third-order valence-electron chi connectivity index (χ3n) is 16.3. The van der Waals surface area contributed by atoms with E-state index in [1.807, 2.05) is 11.8 Å². The van der Waals surface area contributed by atoms with E-state index in [1.165, 1.54) is 114 Å². The SMILES string of the molecule is C#CC#CC#CC#CC.CS(=O)(=O)c1ccc(S(=O)(=O)N2CCC(=O)CC2)cc1.CS(=O)(=O)c1ccc(S(=O)(=O)N2CCC3(CC2)NCCO3)cc1.CS(=O)(=O)c1ccc(S(=O)(=O)N2CCC3(CC2)OCCN3S(=O)(=O)c2ccc(S(C)(=O)=O)cc2)cc1.O=C1CCNCC1.[C-]#CC#CC#CC#CC.[C-]#CC#CC#CC#C[CH2-]. The summed E-state index contributed by atoms with van der Waals surface area (Å²) in [6.07, 6.45) is 25.0. The van der Waals surface area contributed by atoms with Crippen LogP contribution in [0.5, 0.6) is 0 Å². The lowest BCUT2D eigenvalue weighted by Gasteiger charge is -2.42. The molecule has 34 heteroatoms. The average Bonchev–Trinajstić information content (AvgIpc) is 1.64. The lowest BCUT2D eigenvalue weighted by Crippen LogP contribution is -2.55. The van der Waals surface area contributed by atoms with Crippen molar-refractivity contribution in [1.29, 1.82) is 0 Å². The van der Waals surface area contributed by atoms with E-state index in [0.717, 1.165) is 57.5 Å². The van der Waals surface area contributed by atoms with Crippen LogP contribution in [0.25, 0.3) is 0 Å². The van der Waals surface area contributed by atoms with Crippen molar-refractivity contribution in [3.63, 3.8) is 0 Å². The molecule has 4 aromatic rings. The second kappa shape index (κ2) is 44.5. The number of benzene rings is 4. The van der Waals surface area contributed by atoms with Crippen LogP contribution in [-0.4, -0.2) is 211 Å². The quantitative estimate of drug-likeness (QED) is 0.152. The first kappa shape index (κ1) is 95.5. The molecule has 6 aliphatic rings.